The molecule has 1 unspecified atom stereocenters. The van der Waals surface area contributed by atoms with Crippen molar-refractivity contribution in [2.45, 2.75) is 12.8 Å². The molecule has 0 spiro atoms. The third-order valence-electron chi connectivity index (χ3n) is 1.34. The maximum absolute atomic E-state index is 10.7. The van der Waals surface area contributed by atoms with Crippen LogP contribution in [-0.4, -0.2) is 9.97 Å². The number of H-pyrrole nitrogens is 1. The monoisotopic (exact) mass is 149 g/mol. The number of hydrogen-bond acceptors (Lipinski definition) is 3. The Morgan fingerprint density at radius 3 is 3.09 bits per heavy atom. The summed E-state index contributed by atoms with van der Waals surface area (Å²) in [6.45, 7) is 1.70. The van der Waals surface area contributed by atoms with E-state index in [-0.39, 0.29) is 11.5 Å². The predicted octanol–water partition coefficient (Wildman–Crippen LogP) is 0.397. The SMILES string of the molecule is CC(C#N)c1cc(=O)[nH]cn1. The minimum absolute atomic E-state index is 0.225. The average molecular weight is 149 g/mol. The van der Waals surface area contributed by atoms with Gasteiger partial charge in [0.05, 0.1) is 24.0 Å². The number of nitriles is 1. The van der Waals surface area contributed by atoms with Crippen molar-refractivity contribution in [3.8, 4) is 6.07 Å². The second kappa shape index (κ2) is 2.97. The van der Waals surface area contributed by atoms with E-state index in [1.807, 2.05) is 6.07 Å². The Morgan fingerprint density at radius 2 is 2.55 bits per heavy atom. The summed E-state index contributed by atoms with van der Waals surface area (Å²) in [7, 11) is 0. The second-order valence-corrected chi connectivity index (χ2v) is 2.19. The van der Waals surface area contributed by atoms with Gasteiger partial charge in [0, 0.05) is 6.07 Å². The van der Waals surface area contributed by atoms with E-state index < -0.39 is 0 Å². The summed E-state index contributed by atoms with van der Waals surface area (Å²) in [6.07, 6.45) is 1.30. The van der Waals surface area contributed by atoms with Gasteiger partial charge in [-0.2, -0.15) is 5.26 Å². The average Bonchev–Trinajstić information content (AvgIpc) is 2.03. The van der Waals surface area contributed by atoms with Gasteiger partial charge in [-0.1, -0.05) is 0 Å². The maximum Gasteiger partial charge on any atom is 0.250 e. The van der Waals surface area contributed by atoms with E-state index in [1.54, 1.807) is 6.92 Å². The van der Waals surface area contributed by atoms with Crippen LogP contribution in [0.4, 0.5) is 0 Å². The zero-order chi connectivity index (χ0) is 8.27. The predicted molar refractivity (Wildman–Crippen MR) is 38.9 cm³/mol. The minimum atomic E-state index is -0.322. The molecule has 0 saturated carbocycles. The van der Waals surface area contributed by atoms with Gasteiger partial charge in [-0.25, -0.2) is 4.98 Å². The number of aromatic amines is 1. The fourth-order valence-corrected chi connectivity index (χ4v) is 0.687. The summed E-state index contributed by atoms with van der Waals surface area (Å²) in [5.74, 6) is -0.322. The first kappa shape index (κ1) is 7.48. The van der Waals surface area contributed by atoms with Crippen molar-refractivity contribution in [1.82, 2.24) is 9.97 Å². The molecular weight excluding hydrogens is 142 g/mol. The minimum Gasteiger partial charge on any atom is -0.313 e. The summed E-state index contributed by atoms with van der Waals surface area (Å²) < 4.78 is 0. The number of nitrogens with one attached hydrogen (secondary N) is 1. The van der Waals surface area contributed by atoms with Crippen LogP contribution >= 0.6 is 0 Å². The van der Waals surface area contributed by atoms with Crippen LogP contribution in [0.25, 0.3) is 0 Å². The third-order valence-corrected chi connectivity index (χ3v) is 1.34. The Bertz CT molecular complexity index is 336. The van der Waals surface area contributed by atoms with E-state index in [0.29, 0.717) is 5.69 Å². The van der Waals surface area contributed by atoms with Gasteiger partial charge >= 0.3 is 0 Å². The Kier molecular flexibility index (Phi) is 2.02. The van der Waals surface area contributed by atoms with E-state index in [2.05, 4.69) is 9.97 Å². The first-order valence-corrected chi connectivity index (χ1v) is 3.18. The standard InChI is InChI=1S/C7H7N3O/c1-5(3-8)6-2-7(11)10-4-9-6/h2,4-5H,1H3,(H,9,10,11). The molecule has 0 aliphatic rings. The number of aromatic nitrogens is 2. The molecule has 0 aromatic carbocycles. The number of rotatable bonds is 1. The van der Waals surface area contributed by atoms with Crippen molar-refractivity contribution in [3.63, 3.8) is 0 Å². The molecule has 0 aliphatic carbocycles. The lowest BCUT2D eigenvalue weighted by Crippen LogP contribution is -2.07. The van der Waals surface area contributed by atoms with Crippen molar-refractivity contribution in [2.24, 2.45) is 0 Å². The third kappa shape index (κ3) is 1.64. The van der Waals surface area contributed by atoms with E-state index in [1.165, 1.54) is 12.4 Å². The molecule has 0 aliphatic heterocycles. The van der Waals surface area contributed by atoms with Gasteiger partial charge in [-0.3, -0.25) is 4.79 Å². The van der Waals surface area contributed by atoms with E-state index >= 15 is 0 Å². The summed E-state index contributed by atoms with van der Waals surface area (Å²) in [5.41, 5.74) is 0.286. The van der Waals surface area contributed by atoms with Gasteiger partial charge in [0.2, 0.25) is 0 Å². The molecule has 11 heavy (non-hydrogen) atoms. The van der Waals surface area contributed by atoms with Gasteiger partial charge in [0.1, 0.15) is 0 Å². The topological polar surface area (TPSA) is 69.5 Å². The first-order valence-electron chi connectivity index (χ1n) is 3.18. The molecule has 1 aromatic rings. The Labute approximate surface area is 63.5 Å². The van der Waals surface area contributed by atoms with Crippen LogP contribution in [-0.2, 0) is 0 Å². The fourth-order valence-electron chi connectivity index (χ4n) is 0.687. The lowest BCUT2D eigenvalue weighted by Gasteiger charge is -1.97. The van der Waals surface area contributed by atoms with Gasteiger partial charge in [-0.05, 0) is 6.92 Å². The second-order valence-electron chi connectivity index (χ2n) is 2.19. The van der Waals surface area contributed by atoms with Crippen LogP contribution in [0.3, 0.4) is 0 Å². The van der Waals surface area contributed by atoms with Gasteiger partial charge < -0.3 is 4.98 Å². The fraction of sp³-hybridized carbons (Fsp3) is 0.286. The van der Waals surface area contributed by atoms with E-state index in [4.69, 9.17) is 5.26 Å². The van der Waals surface area contributed by atoms with Crippen LogP contribution in [0, 0.1) is 11.3 Å². The van der Waals surface area contributed by atoms with Crippen LogP contribution in [0.5, 0.6) is 0 Å². The Balaban J connectivity index is 3.08. The quantitative estimate of drug-likeness (QED) is 0.628. The highest BCUT2D eigenvalue weighted by molar-refractivity contribution is 5.12. The lowest BCUT2D eigenvalue weighted by molar-refractivity contribution is 0.894. The normalized spacial score (nSPS) is 12.0. The molecule has 1 heterocycles. The van der Waals surface area contributed by atoms with Crippen molar-refractivity contribution in [3.05, 3.63) is 28.4 Å². The summed E-state index contributed by atoms with van der Waals surface area (Å²) in [4.78, 5) is 16.9. The molecule has 1 N–H and O–H groups in total. The smallest absolute Gasteiger partial charge is 0.250 e. The molecular formula is C7H7N3O. The summed E-state index contributed by atoms with van der Waals surface area (Å²) >= 11 is 0. The van der Waals surface area contributed by atoms with Crippen LogP contribution in [0.15, 0.2) is 17.2 Å². The van der Waals surface area contributed by atoms with Crippen LogP contribution < -0.4 is 5.56 Å². The highest BCUT2D eigenvalue weighted by atomic mass is 16.1. The molecule has 0 saturated heterocycles. The van der Waals surface area contributed by atoms with Crippen molar-refractivity contribution in [2.75, 3.05) is 0 Å². The van der Waals surface area contributed by atoms with Gasteiger partial charge in [-0.15, -0.1) is 0 Å². The van der Waals surface area contributed by atoms with Crippen molar-refractivity contribution >= 4 is 0 Å². The molecule has 0 bridgehead atoms. The maximum atomic E-state index is 10.7. The number of hydrogen-bond donors (Lipinski definition) is 1. The molecule has 56 valence electrons. The lowest BCUT2D eigenvalue weighted by atomic mass is 10.1. The van der Waals surface area contributed by atoms with Gasteiger partial charge in [0.25, 0.3) is 5.56 Å². The highest BCUT2D eigenvalue weighted by Gasteiger charge is 2.04. The molecule has 0 radical (unpaired) electrons. The van der Waals surface area contributed by atoms with E-state index in [9.17, 15) is 4.79 Å². The molecule has 4 nitrogen and oxygen atoms in total. The van der Waals surface area contributed by atoms with Crippen LogP contribution in [0.2, 0.25) is 0 Å². The Hall–Kier alpha value is -1.63. The molecule has 1 rings (SSSR count). The molecule has 4 heteroatoms. The van der Waals surface area contributed by atoms with Gasteiger partial charge in [0.15, 0.2) is 0 Å². The van der Waals surface area contributed by atoms with Crippen LogP contribution in [0.1, 0.15) is 18.5 Å². The first-order chi connectivity index (χ1) is 5.24. The molecule has 0 fully saturated rings. The summed E-state index contributed by atoms with van der Waals surface area (Å²) in [6, 6.07) is 3.32. The highest BCUT2D eigenvalue weighted by Crippen LogP contribution is 2.06. The summed E-state index contributed by atoms with van der Waals surface area (Å²) in [5, 5.41) is 8.48. The van der Waals surface area contributed by atoms with Crippen molar-refractivity contribution in [1.29, 1.82) is 5.26 Å². The van der Waals surface area contributed by atoms with Crippen molar-refractivity contribution < 1.29 is 0 Å². The van der Waals surface area contributed by atoms with E-state index in [0.717, 1.165) is 0 Å². The zero-order valence-corrected chi connectivity index (χ0v) is 6.03. The Morgan fingerprint density at radius 1 is 1.82 bits per heavy atom. The molecule has 0 amide bonds. The zero-order valence-electron chi connectivity index (χ0n) is 6.03. The molecule has 1 atom stereocenters. The largest absolute Gasteiger partial charge is 0.313 e. The number of nitrogens with zero attached hydrogens (tertiary/aromatic N) is 2. The molecule has 1 aromatic heterocycles.